The first-order chi connectivity index (χ1) is 8.58. The Hall–Kier alpha value is -1.35. The van der Waals surface area contributed by atoms with Gasteiger partial charge in [-0.25, -0.2) is 0 Å². The van der Waals surface area contributed by atoms with E-state index in [1.807, 2.05) is 32.0 Å². The van der Waals surface area contributed by atoms with Gasteiger partial charge in [-0.15, -0.1) is 0 Å². The lowest BCUT2D eigenvalue weighted by Crippen LogP contribution is -2.46. The van der Waals surface area contributed by atoms with Gasteiger partial charge in [0.05, 0.1) is 0 Å². The van der Waals surface area contributed by atoms with Crippen molar-refractivity contribution in [3.63, 3.8) is 0 Å². The predicted molar refractivity (Wildman–Crippen MR) is 73.9 cm³/mol. The minimum Gasteiger partial charge on any atom is -0.349 e. The summed E-state index contributed by atoms with van der Waals surface area (Å²) in [6, 6.07) is 6.68. The molecule has 1 aromatic rings. The van der Waals surface area contributed by atoms with Crippen LogP contribution in [-0.4, -0.2) is 24.5 Å². The fourth-order valence-electron chi connectivity index (χ4n) is 2.52. The molecule has 0 radical (unpaired) electrons. The number of carbonyl (C=O) groups is 1. The molecule has 1 aromatic carbocycles. The topological polar surface area (TPSA) is 41.1 Å². The quantitative estimate of drug-likeness (QED) is 0.839. The highest BCUT2D eigenvalue weighted by Gasteiger charge is 2.21. The molecule has 0 saturated carbocycles. The van der Waals surface area contributed by atoms with E-state index in [9.17, 15) is 4.79 Å². The first kappa shape index (κ1) is 13.1. The normalized spacial score (nSPS) is 23.7. The van der Waals surface area contributed by atoms with Gasteiger partial charge in [0.1, 0.15) is 0 Å². The number of nitrogens with one attached hydrogen (secondary N) is 2. The van der Waals surface area contributed by atoms with E-state index in [0.717, 1.165) is 30.5 Å². The maximum atomic E-state index is 12.3. The second-order valence-electron chi connectivity index (χ2n) is 5.30. The summed E-state index contributed by atoms with van der Waals surface area (Å²) in [7, 11) is 0. The van der Waals surface area contributed by atoms with Crippen LogP contribution in [0.3, 0.4) is 0 Å². The number of rotatable bonds is 2. The zero-order chi connectivity index (χ0) is 13.1. The van der Waals surface area contributed by atoms with Crippen LogP contribution in [0.15, 0.2) is 18.2 Å². The SMILES string of the molecule is Cc1cccc(C(=O)NC2CCNC(C)C2)c1C. The van der Waals surface area contributed by atoms with Crippen LogP contribution in [0.2, 0.25) is 0 Å². The Balaban J connectivity index is 2.05. The number of hydrogen-bond donors (Lipinski definition) is 2. The van der Waals surface area contributed by atoms with E-state index in [2.05, 4.69) is 17.6 Å². The van der Waals surface area contributed by atoms with Gasteiger partial charge in [-0.2, -0.15) is 0 Å². The average Bonchev–Trinajstić information content (AvgIpc) is 2.32. The lowest BCUT2D eigenvalue weighted by molar-refractivity contribution is 0.0925. The van der Waals surface area contributed by atoms with E-state index in [1.54, 1.807) is 0 Å². The summed E-state index contributed by atoms with van der Waals surface area (Å²) in [5, 5.41) is 6.55. The highest BCUT2D eigenvalue weighted by Crippen LogP contribution is 2.14. The average molecular weight is 246 g/mol. The van der Waals surface area contributed by atoms with Crippen molar-refractivity contribution in [2.24, 2.45) is 0 Å². The van der Waals surface area contributed by atoms with Gasteiger partial charge in [0.15, 0.2) is 0 Å². The summed E-state index contributed by atoms with van der Waals surface area (Å²) in [6.07, 6.45) is 2.03. The molecule has 3 nitrogen and oxygen atoms in total. The third kappa shape index (κ3) is 2.91. The molecule has 1 amide bonds. The van der Waals surface area contributed by atoms with Gasteiger partial charge >= 0.3 is 0 Å². The minimum absolute atomic E-state index is 0.0651. The van der Waals surface area contributed by atoms with Gasteiger partial charge in [-0.05, 0) is 57.4 Å². The molecule has 1 aliphatic rings. The van der Waals surface area contributed by atoms with E-state index in [1.165, 1.54) is 5.56 Å². The summed E-state index contributed by atoms with van der Waals surface area (Å²) in [5.41, 5.74) is 3.06. The monoisotopic (exact) mass is 246 g/mol. The van der Waals surface area contributed by atoms with Gasteiger partial charge in [-0.1, -0.05) is 12.1 Å². The summed E-state index contributed by atoms with van der Waals surface area (Å²) >= 11 is 0. The number of aryl methyl sites for hydroxylation is 1. The zero-order valence-corrected chi connectivity index (χ0v) is 11.4. The van der Waals surface area contributed by atoms with Crippen molar-refractivity contribution >= 4 is 5.91 Å². The van der Waals surface area contributed by atoms with Crippen LogP contribution < -0.4 is 10.6 Å². The van der Waals surface area contributed by atoms with Crippen LogP contribution in [0.1, 0.15) is 41.3 Å². The predicted octanol–water partition coefficient (Wildman–Crippen LogP) is 2.17. The Bertz CT molecular complexity index is 442. The lowest BCUT2D eigenvalue weighted by atomic mass is 9.98. The first-order valence-corrected chi connectivity index (χ1v) is 6.68. The second kappa shape index (κ2) is 5.53. The molecule has 0 bridgehead atoms. The van der Waals surface area contributed by atoms with Crippen LogP contribution in [0.25, 0.3) is 0 Å². The Morgan fingerprint density at radius 1 is 1.39 bits per heavy atom. The maximum absolute atomic E-state index is 12.3. The Morgan fingerprint density at radius 3 is 2.89 bits per heavy atom. The molecule has 1 fully saturated rings. The second-order valence-corrected chi connectivity index (χ2v) is 5.30. The number of hydrogen-bond acceptors (Lipinski definition) is 2. The standard InChI is InChI=1S/C15H22N2O/c1-10-5-4-6-14(12(10)3)15(18)17-13-7-8-16-11(2)9-13/h4-6,11,13,16H,7-9H2,1-3H3,(H,17,18). The molecule has 1 heterocycles. The number of piperidine rings is 1. The molecule has 0 aliphatic carbocycles. The van der Waals surface area contributed by atoms with Crippen molar-refractivity contribution in [1.82, 2.24) is 10.6 Å². The molecule has 0 spiro atoms. The Kier molecular flexibility index (Phi) is 4.02. The van der Waals surface area contributed by atoms with Gasteiger partial charge in [0, 0.05) is 17.6 Å². The first-order valence-electron chi connectivity index (χ1n) is 6.68. The highest BCUT2D eigenvalue weighted by molar-refractivity contribution is 5.96. The molecular formula is C15H22N2O. The zero-order valence-electron chi connectivity index (χ0n) is 11.4. The maximum Gasteiger partial charge on any atom is 0.251 e. The largest absolute Gasteiger partial charge is 0.349 e. The summed E-state index contributed by atoms with van der Waals surface area (Å²) in [5.74, 6) is 0.0651. The minimum atomic E-state index is 0.0651. The molecule has 2 atom stereocenters. The van der Waals surface area contributed by atoms with E-state index >= 15 is 0 Å². The Morgan fingerprint density at radius 2 is 2.17 bits per heavy atom. The van der Waals surface area contributed by atoms with Crippen molar-refractivity contribution in [2.45, 2.75) is 45.7 Å². The summed E-state index contributed by atoms with van der Waals surface area (Å²) in [4.78, 5) is 12.3. The van der Waals surface area contributed by atoms with Crippen molar-refractivity contribution in [2.75, 3.05) is 6.54 Å². The smallest absolute Gasteiger partial charge is 0.251 e. The molecule has 2 N–H and O–H groups in total. The molecular weight excluding hydrogens is 224 g/mol. The van der Waals surface area contributed by atoms with Crippen molar-refractivity contribution < 1.29 is 4.79 Å². The van der Waals surface area contributed by atoms with Crippen LogP contribution in [-0.2, 0) is 0 Å². The fourth-order valence-corrected chi connectivity index (χ4v) is 2.52. The number of benzene rings is 1. The molecule has 0 aromatic heterocycles. The van der Waals surface area contributed by atoms with Crippen molar-refractivity contribution in [3.8, 4) is 0 Å². The van der Waals surface area contributed by atoms with Crippen molar-refractivity contribution in [1.29, 1.82) is 0 Å². The van der Waals surface area contributed by atoms with Gasteiger partial charge < -0.3 is 10.6 Å². The number of amides is 1. The van der Waals surface area contributed by atoms with Crippen LogP contribution in [0.4, 0.5) is 0 Å². The van der Waals surface area contributed by atoms with E-state index in [4.69, 9.17) is 0 Å². The van der Waals surface area contributed by atoms with Gasteiger partial charge in [0.2, 0.25) is 0 Å². The third-order valence-corrected chi connectivity index (χ3v) is 3.81. The molecule has 1 aliphatic heterocycles. The molecule has 98 valence electrons. The number of carbonyl (C=O) groups excluding carboxylic acids is 1. The van der Waals surface area contributed by atoms with Crippen LogP contribution >= 0.6 is 0 Å². The Labute approximate surface area is 109 Å². The van der Waals surface area contributed by atoms with Gasteiger partial charge in [-0.3, -0.25) is 4.79 Å². The van der Waals surface area contributed by atoms with E-state index < -0.39 is 0 Å². The fraction of sp³-hybridized carbons (Fsp3) is 0.533. The summed E-state index contributed by atoms with van der Waals surface area (Å²) in [6.45, 7) is 7.20. The molecule has 2 rings (SSSR count). The van der Waals surface area contributed by atoms with Crippen LogP contribution in [0, 0.1) is 13.8 Å². The summed E-state index contributed by atoms with van der Waals surface area (Å²) < 4.78 is 0. The van der Waals surface area contributed by atoms with Crippen LogP contribution in [0.5, 0.6) is 0 Å². The van der Waals surface area contributed by atoms with E-state index in [-0.39, 0.29) is 5.91 Å². The van der Waals surface area contributed by atoms with E-state index in [0.29, 0.717) is 12.1 Å². The van der Waals surface area contributed by atoms with Gasteiger partial charge in [0.25, 0.3) is 5.91 Å². The van der Waals surface area contributed by atoms with Crippen molar-refractivity contribution in [3.05, 3.63) is 34.9 Å². The molecule has 3 heteroatoms. The molecule has 1 saturated heterocycles. The molecule has 2 unspecified atom stereocenters. The third-order valence-electron chi connectivity index (χ3n) is 3.81. The lowest BCUT2D eigenvalue weighted by Gasteiger charge is -2.28. The molecule has 18 heavy (non-hydrogen) atoms. The highest BCUT2D eigenvalue weighted by atomic mass is 16.1.